The first-order valence-electron chi connectivity index (χ1n) is 10.7. The molecule has 5 nitrogen and oxygen atoms in total. The number of fused-ring (bicyclic) bond motifs is 1. The van der Waals surface area contributed by atoms with Gasteiger partial charge in [0.15, 0.2) is 6.61 Å². The summed E-state index contributed by atoms with van der Waals surface area (Å²) >= 11 is 0. The number of ether oxygens (including phenoxy) is 2. The lowest BCUT2D eigenvalue weighted by atomic mass is 9.91. The molecule has 1 aromatic heterocycles. The van der Waals surface area contributed by atoms with Crippen molar-refractivity contribution in [1.29, 1.82) is 0 Å². The number of para-hydroxylation sites is 1. The van der Waals surface area contributed by atoms with Crippen LogP contribution in [0.1, 0.15) is 28.2 Å². The summed E-state index contributed by atoms with van der Waals surface area (Å²) in [5.74, 6) is 1.38. The molecule has 0 aliphatic carbocycles. The summed E-state index contributed by atoms with van der Waals surface area (Å²) in [5, 5.41) is 4.21. The maximum absolute atomic E-state index is 12.6. The van der Waals surface area contributed by atoms with Gasteiger partial charge in [0.05, 0.1) is 7.11 Å². The van der Waals surface area contributed by atoms with Gasteiger partial charge in [0.25, 0.3) is 5.91 Å². The van der Waals surface area contributed by atoms with Crippen LogP contribution in [-0.4, -0.2) is 31.2 Å². The van der Waals surface area contributed by atoms with E-state index in [1.807, 2.05) is 74.6 Å². The highest BCUT2D eigenvalue weighted by Crippen LogP contribution is 2.31. The van der Waals surface area contributed by atoms with E-state index in [4.69, 9.17) is 9.47 Å². The Bertz CT molecular complexity index is 1210. The molecule has 0 spiro atoms. The van der Waals surface area contributed by atoms with Gasteiger partial charge in [-0.15, -0.1) is 0 Å². The first-order valence-corrected chi connectivity index (χ1v) is 10.7. The number of nitrogens with one attached hydrogen (secondary N) is 2. The number of amides is 1. The van der Waals surface area contributed by atoms with Crippen LogP contribution in [0.5, 0.6) is 11.5 Å². The molecule has 2 N–H and O–H groups in total. The third kappa shape index (κ3) is 4.62. The van der Waals surface area contributed by atoms with Gasteiger partial charge in [-0.1, -0.05) is 42.5 Å². The number of methoxy groups -OCH3 is 1. The topological polar surface area (TPSA) is 63.4 Å². The van der Waals surface area contributed by atoms with E-state index in [-0.39, 0.29) is 18.4 Å². The highest BCUT2D eigenvalue weighted by molar-refractivity contribution is 5.84. The van der Waals surface area contributed by atoms with E-state index >= 15 is 0 Å². The Morgan fingerprint density at radius 2 is 1.78 bits per heavy atom. The van der Waals surface area contributed by atoms with Gasteiger partial charge in [0, 0.05) is 29.6 Å². The molecule has 0 saturated carbocycles. The molecule has 4 rings (SSSR count). The number of hydrogen-bond donors (Lipinski definition) is 2. The highest BCUT2D eigenvalue weighted by Gasteiger charge is 2.19. The van der Waals surface area contributed by atoms with E-state index in [1.54, 1.807) is 7.11 Å². The minimum absolute atomic E-state index is 0.0123. The van der Waals surface area contributed by atoms with Crippen LogP contribution in [0.2, 0.25) is 0 Å². The molecule has 164 valence electrons. The van der Waals surface area contributed by atoms with Crippen LogP contribution in [0, 0.1) is 13.8 Å². The first kappa shape index (κ1) is 21.5. The average molecular weight is 429 g/mol. The minimum Gasteiger partial charge on any atom is -0.497 e. The molecule has 0 bridgehead atoms. The monoisotopic (exact) mass is 428 g/mol. The van der Waals surface area contributed by atoms with Gasteiger partial charge < -0.3 is 19.8 Å². The number of H-pyrrole nitrogens is 1. The van der Waals surface area contributed by atoms with Gasteiger partial charge in [0.2, 0.25) is 0 Å². The molecular weight excluding hydrogens is 400 g/mol. The number of aromatic nitrogens is 1. The van der Waals surface area contributed by atoms with E-state index in [1.165, 1.54) is 0 Å². The average Bonchev–Trinajstić information content (AvgIpc) is 3.24. The van der Waals surface area contributed by atoms with Crippen molar-refractivity contribution in [2.45, 2.75) is 19.8 Å². The van der Waals surface area contributed by atoms with E-state index in [9.17, 15) is 4.79 Å². The number of hydrogen-bond acceptors (Lipinski definition) is 3. The third-order valence-electron chi connectivity index (χ3n) is 5.93. The zero-order valence-electron chi connectivity index (χ0n) is 18.6. The quantitative estimate of drug-likeness (QED) is 0.409. The Morgan fingerprint density at radius 3 is 2.56 bits per heavy atom. The Hall–Kier alpha value is -3.73. The zero-order valence-corrected chi connectivity index (χ0v) is 18.6. The smallest absolute Gasteiger partial charge is 0.257 e. The minimum atomic E-state index is -0.149. The lowest BCUT2D eigenvalue weighted by Gasteiger charge is -2.19. The molecule has 5 heteroatoms. The number of rotatable bonds is 8. The molecule has 0 aliphatic heterocycles. The summed E-state index contributed by atoms with van der Waals surface area (Å²) in [6.45, 7) is 4.47. The van der Waals surface area contributed by atoms with Crippen LogP contribution in [0.4, 0.5) is 0 Å². The van der Waals surface area contributed by atoms with Gasteiger partial charge >= 0.3 is 0 Å². The lowest BCUT2D eigenvalue weighted by Crippen LogP contribution is -2.32. The van der Waals surface area contributed by atoms with E-state index in [2.05, 4.69) is 22.4 Å². The van der Waals surface area contributed by atoms with Crippen LogP contribution in [0.3, 0.4) is 0 Å². The van der Waals surface area contributed by atoms with Crippen molar-refractivity contribution in [2.75, 3.05) is 20.3 Å². The molecule has 0 fully saturated rings. The Labute approximate surface area is 188 Å². The van der Waals surface area contributed by atoms with E-state index < -0.39 is 0 Å². The van der Waals surface area contributed by atoms with Crippen molar-refractivity contribution < 1.29 is 14.3 Å². The van der Waals surface area contributed by atoms with Crippen molar-refractivity contribution in [1.82, 2.24) is 10.3 Å². The second kappa shape index (κ2) is 9.60. The highest BCUT2D eigenvalue weighted by atomic mass is 16.5. The normalized spacial score (nSPS) is 11.8. The third-order valence-corrected chi connectivity index (χ3v) is 5.93. The summed E-state index contributed by atoms with van der Waals surface area (Å²) in [7, 11) is 1.66. The van der Waals surface area contributed by atoms with Gasteiger partial charge in [-0.2, -0.15) is 0 Å². The number of carbonyl (C=O) groups excluding carboxylic acids is 1. The lowest BCUT2D eigenvalue weighted by molar-refractivity contribution is -0.123. The molecule has 1 atom stereocenters. The van der Waals surface area contributed by atoms with Gasteiger partial charge in [-0.25, -0.2) is 0 Å². The van der Waals surface area contributed by atoms with Crippen molar-refractivity contribution in [3.8, 4) is 11.5 Å². The molecule has 3 aromatic carbocycles. The van der Waals surface area contributed by atoms with Crippen LogP contribution >= 0.6 is 0 Å². The largest absolute Gasteiger partial charge is 0.497 e. The molecule has 0 unspecified atom stereocenters. The predicted octanol–water partition coefficient (Wildman–Crippen LogP) is 5.12. The molecule has 0 aliphatic rings. The fraction of sp³-hybridized carbons (Fsp3) is 0.222. The molecule has 1 heterocycles. The van der Waals surface area contributed by atoms with Crippen LogP contribution in [-0.2, 0) is 4.79 Å². The maximum Gasteiger partial charge on any atom is 0.257 e. The van der Waals surface area contributed by atoms with Crippen LogP contribution in [0.25, 0.3) is 10.9 Å². The molecule has 1 amide bonds. The SMILES string of the molecule is COc1ccc([C@H](CNC(=O)COc2cccc(C)c2C)c2c[nH]c3ccccc23)cc1. The number of aryl methyl sites for hydroxylation is 1. The summed E-state index contributed by atoms with van der Waals surface area (Å²) in [6, 6.07) is 22.0. The molecule has 32 heavy (non-hydrogen) atoms. The fourth-order valence-electron chi connectivity index (χ4n) is 3.92. The van der Waals surface area contributed by atoms with Gasteiger partial charge in [-0.05, 0) is 60.4 Å². The zero-order chi connectivity index (χ0) is 22.5. The molecule has 4 aromatic rings. The van der Waals surface area contributed by atoms with Gasteiger partial charge in [0.1, 0.15) is 11.5 Å². The number of carbonyl (C=O) groups is 1. The van der Waals surface area contributed by atoms with E-state index in [0.29, 0.717) is 6.54 Å². The Kier molecular flexibility index (Phi) is 6.45. The summed E-state index contributed by atoms with van der Waals surface area (Å²) in [4.78, 5) is 16.0. The maximum atomic E-state index is 12.6. The number of aromatic amines is 1. The predicted molar refractivity (Wildman–Crippen MR) is 128 cm³/mol. The van der Waals surface area contributed by atoms with Crippen molar-refractivity contribution in [2.24, 2.45) is 0 Å². The van der Waals surface area contributed by atoms with Crippen LogP contribution < -0.4 is 14.8 Å². The standard InChI is InChI=1S/C27H28N2O3/c1-18-7-6-10-26(19(18)2)32-17-27(30)29-15-23(20-11-13-21(31-3)14-12-20)24-16-28-25-9-5-4-8-22(24)25/h4-14,16,23,28H,15,17H2,1-3H3,(H,29,30)/t23-/m0/s1. The summed E-state index contributed by atoms with van der Waals surface area (Å²) in [6.07, 6.45) is 2.03. The molecule has 0 saturated heterocycles. The van der Waals surface area contributed by atoms with Crippen molar-refractivity contribution in [3.63, 3.8) is 0 Å². The van der Waals surface area contributed by atoms with E-state index in [0.717, 1.165) is 44.7 Å². The van der Waals surface area contributed by atoms with Crippen molar-refractivity contribution >= 4 is 16.8 Å². The molecule has 0 radical (unpaired) electrons. The first-order chi connectivity index (χ1) is 15.6. The molecular formula is C27H28N2O3. The Morgan fingerprint density at radius 1 is 1.00 bits per heavy atom. The van der Waals surface area contributed by atoms with Gasteiger partial charge in [-0.3, -0.25) is 4.79 Å². The fourth-order valence-corrected chi connectivity index (χ4v) is 3.92. The Balaban J connectivity index is 1.51. The number of benzene rings is 3. The summed E-state index contributed by atoms with van der Waals surface area (Å²) < 4.78 is 11.1. The van der Waals surface area contributed by atoms with Crippen LogP contribution in [0.15, 0.2) is 72.9 Å². The second-order valence-electron chi connectivity index (χ2n) is 7.91. The second-order valence-corrected chi connectivity index (χ2v) is 7.91. The van der Waals surface area contributed by atoms with Crippen molar-refractivity contribution in [3.05, 3.63) is 95.2 Å². The summed E-state index contributed by atoms with van der Waals surface area (Å²) in [5.41, 5.74) is 5.51.